The monoisotopic (exact) mass is 379 g/mol. The van der Waals surface area contributed by atoms with Gasteiger partial charge in [-0.1, -0.05) is 30.3 Å². The summed E-state index contributed by atoms with van der Waals surface area (Å²) in [6, 6.07) is 9.07. The molecule has 3 fully saturated rings. The van der Waals surface area contributed by atoms with E-state index in [1.165, 1.54) is 0 Å². The van der Waals surface area contributed by atoms with Crippen LogP contribution in [0.25, 0.3) is 10.4 Å². The Hall–Kier alpha value is -2.06. The number of hydrogen-bond donors (Lipinski definition) is 1. The zero-order chi connectivity index (χ0) is 18.1. The Bertz CT molecular complexity index is 775. The van der Waals surface area contributed by atoms with Gasteiger partial charge in [-0.05, 0) is 5.56 Å². The molecule has 3 saturated heterocycles. The Kier molecular flexibility index (Phi) is 4.62. The first-order chi connectivity index (χ1) is 12.5. The average Bonchev–Trinajstić information content (AvgIpc) is 3.07. The molecule has 1 N–H and O–H groups in total. The van der Waals surface area contributed by atoms with Crippen molar-refractivity contribution in [3.05, 3.63) is 35.3 Å². The molecule has 8 heteroatoms. The SMILES string of the molecule is O=C(Nc1nc(C(F)F)sc1-c1ccccc1)OC12CCN(CC1)CC2. The minimum absolute atomic E-state index is 0.131. The number of carbonyl (C=O) groups is 1. The van der Waals surface area contributed by atoms with Gasteiger partial charge in [-0.3, -0.25) is 5.32 Å². The van der Waals surface area contributed by atoms with Crippen LogP contribution < -0.4 is 5.32 Å². The molecule has 0 atom stereocenters. The fourth-order valence-corrected chi connectivity index (χ4v) is 4.45. The number of aromatic nitrogens is 1. The Balaban J connectivity index is 1.54. The predicted octanol–water partition coefficient (Wildman–Crippen LogP) is 4.53. The van der Waals surface area contributed by atoms with E-state index >= 15 is 0 Å². The summed E-state index contributed by atoms with van der Waals surface area (Å²) >= 11 is 0.883. The molecule has 26 heavy (non-hydrogen) atoms. The molecular formula is C18H19F2N3O2S. The Morgan fingerprint density at radius 3 is 2.46 bits per heavy atom. The van der Waals surface area contributed by atoms with Crippen LogP contribution in [0.3, 0.4) is 0 Å². The zero-order valence-electron chi connectivity index (χ0n) is 14.1. The third-order valence-electron chi connectivity index (χ3n) is 5.05. The molecule has 3 aliphatic rings. The summed E-state index contributed by atoms with van der Waals surface area (Å²) in [4.78, 5) is 19.2. The Morgan fingerprint density at radius 2 is 1.85 bits per heavy atom. The van der Waals surface area contributed by atoms with Gasteiger partial charge in [0.1, 0.15) is 5.60 Å². The van der Waals surface area contributed by atoms with Crippen molar-refractivity contribution in [3.63, 3.8) is 0 Å². The van der Waals surface area contributed by atoms with Gasteiger partial charge in [-0.2, -0.15) is 0 Å². The van der Waals surface area contributed by atoms with Gasteiger partial charge in [-0.15, -0.1) is 11.3 Å². The highest BCUT2D eigenvalue weighted by atomic mass is 32.1. The van der Waals surface area contributed by atoms with Crippen molar-refractivity contribution in [1.29, 1.82) is 0 Å². The largest absolute Gasteiger partial charge is 0.443 e. The smallest absolute Gasteiger partial charge is 0.413 e. The fourth-order valence-electron chi connectivity index (χ4n) is 3.57. The second kappa shape index (κ2) is 6.92. The molecule has 0 saturated carbocycles. The number of anilines is 1. The van der Waals surface area contributed by atoms with Crippen LogP contribution in [0.5, 0.6) is 0 Å². The molecule has 5 rings (SSSR count). The Labute approximate surface area is 154 Å². The van der Waals surface area contributed by atoms with Gasteiger partial charge in [0, 0.05) is 38.9 Å². The number of nitrogens with one attached hydrogen (secondary N) is 1. The van der Waals surface area contributed by atoms with E-state index in [1.54, 1.807) is 12.1 Å². The lowest BCUT2D eigenvalue weighted by atomic mass is 9.83. The minimum Gasteiger partial charge on any atom is -0.443 e. The summed E-state index contributed by atoms with van der Waals surface area (Å²) in [6.45, 7) is 2.78. The molecule has 5 nitrogen and oxygen atoms in total. The molecule has 0 spiro atoms. The van der Waals surface area contributed by atoms with Crippen LogP contribution >= 0.6 is 11.3 Å². The molecule has 138 valence electrons. The first-order valence-corrected chi connectivity index (χ1v) is 9.43. The molecule has 0 radical (unpaired) electrons. The van der Waals surface area contributed by atoms with Gasteiger partial charge < -0.3 is 9.64 Å². The first-order valence-electron chi connectivity index (χ1n) is 8.61. The topological polar surface area (TPSA) is 54.5 Å². The van der Waals surface area contributed by atoms with Crippen molar-refractivity contribution >= 4 is 23.2 Å². The minimum atomic E-state index is -2.68. The molecule has 2 bridgehead atoms. The summed E-state index contributed by atoms with van der Waals surface area (Å²) < 4.78 is 31.9. The molecule has 3 aliphatic heterocycles. The van der Waals surface area contributed by atoms with Gasteiger partial charge in [0.15, 0.2) is 10.8 Å². The number of alkyl halides is 2. The van der Waals surface area contributed by atoms with Gasteiger partial charge in [0.2, 0.25) is 0 Å². The van der Waals surface area contributed by atoms with Crippen molar-refractivity contribution in [2.75, 3.05) is 25.0 Å². The fraction of sp³-hybridized carbons (Fsp3) is 0.444. The number of fused-ring (bicyclic) bond motifs is 3. The van der Waals surface area contributed by atoms with Crippen LogP contribution in [-0.4, -0.2) is 41.2 Å². The number of carbonyl (C=O) groups excluding carboxylic acids is 1. The molecule has 1 aromatic carbocycles. The summed E-state index contributed by atoms with van der Waals surface area (Å²) in [7, 11) is 0. The molecule has 1 aromatic heterocycles. The van der Waals surface area contributed by atoms with Crippen LogP contribution in [0.2, 0.25) is 0 Å². The van der Waals surface area contributed by atoms with Gasteiger partial charge in [-0.25, -0.2) is 18.6 Å². The van der Waals surface area contributed by atoms with Crippen molar-refractivity contribution in [2.24, 2.45) is 0 Å². The number of benzene rings is 1. The normalized spacial score (nSPS) is 24.7. The van der Waals surface area contributed by atoms with E-state index in [9.17, 15) is 13.6 Å². The quantitative estimate of drug-likeness (QED) is 0.848. The third kappa shape index (κ3) is 3.43. The van der Waals surface area contributed by atoms with E-state index in [0.29, 0.717) is 4.88 Å². The van der Waals surface area contributed by atoms with E-state index in [1.807, 2.05) is 18.2 Å². The Morgan fingerprint density at radius 1 is 1.19 bits per heavy atom. The van der Waals surface area contributed by atoms with E-state index in [4.69, 9.17) is 4.74 Å². The summed E-state index contributed by atoms with van der Waals surface area (Å²) in [5.74, 6) is 0.131. The van der Waals surface area contributed by atoms with Crippen LogP contribution in [-0.2, 0) is 4.74 Å². The number of rotatable bonds is 4. The molecule has 1 amide bonds. The number of ether oxygens (including phenoxy) is 1. The van der Waals surface area contributed by atoms with Crippen molar-refractivity contribution < 1.29 is 18.3 Å². The predicted molar refractivity (Wildman–Crippen MR) is 95.6 cm³/mol. The summed E-state index contributed by atoms with van der Waals surface area (Å²) in [5.41, 5.74) is 0.296. The van der Waals surface area contributed by atoms with E-state index in [0.717, 1.165) is 55.8 Å². The van der Waals surface area contributed by atoms with Gasteiger partial charge in [0.25, 0.3) is 6.43 Å². The molecule has 2 aromatic rings. The lowest BCUT2D eigenvalue weighted by Crippen LogP contribution is -2.54. The maximum absolute atomic E-state index is 13.1. The number of halogens is 2. The molecular weight excluding hydrogens is 360 g/mol. The van der Waals surface area contributed by atoms with Crippen LogP contribution in [0, 0.1) is 0 Å². The standard InChI is InChI=1S/C18H19F2N3O2S/c19-14(20)16-21-15(13(26-16)12-4-2-1-3-5-12)22-17(24)25-18-6-9-23(10-7-18)11-8-18/h1-5,14H,6-11H2,(H,22,24). The van der Waals surface area contributed by atoms with Crippen molar-refractivity contribution in [1.82, 2.24) is 9.88 Å². The second-order valence-corrected chi connectivity index (χ2v) is 7.72. The molecule has 0 aliphatic carbocycles. The first kappa shape index (κ1) is 17.4. The van der Waals surface area contributed by atoms with E-state index in [2.05, 4.69) is 15.2 Å². The number of amides is 1. The highest BCUT2D eigenvalue weighted by molar-refractivity contribution is 7.15. The lowest BCUT2D eigenvalue weighted by Gasteiger charge is -2.47. The van der Waals surface area contributed by atoms with E-state index in [-0.39, 0.29) is 10.8 Å². The van der Waals surface area contributed by atoms with Crippen LogP contribution in [0.1, 0.15) is 30.7 Å². The number of piperidine rings is 3. The zero-order valence-corrected chi connectivity index (χ0v) is 14.9. The highest BCUT2D eigenvalue weighted by Crippen LogP contribution is 2.39. The lowest BCUT2D eigenvalue weighted by molar-refractivity contribution is -0.0742. The maximum Gasteiger partial charge on any atom is 0.413 e. The maximum atomic E-state index is 13.1. The summed E-state index contributed by atoms with van der Waals surface area (Å²) in [5, 5.41) is 2.28. The number of nitrogens with zero attached hydrogens (tertiary/aromatic N) is 2. The van der Waals surface area contributed by atoms with E-state index < -0.39 is 18.1 Å². The van der Waals surface area contributed by atoms with Gasteiger partial charge >= 0.3 is 6.09 Å². The van der Waals surface area contributed by atoms with Crippen LogP contribution in [0.15, 0.2) is 30.3 Å². The van der Waals surface area contributed by atoms with Gasteiger partial charge in [0.05, 0.1) is 4.88 Å². The number of hydrogen-bond acceptors (Lipinski definition) is 5. The van der Waals surface area contributed by atoms with Crippen molar-refractivity contribution in [2.45, 2.75) is 31.3 Å². The average molecular weight is 379 g/mol. The second-order valence-electron chi connectivity index (χ2n) is 6.69. The highest BCUT2D eigenvalue weighted by Gasteiger charge is 2.42. The van der Waals surface area contributed by atoms with Crippen molar-refractivity contribution in [3.8, 4) is 10.4 Å². The molecule has 0 unspecified atom stereocenters. The summed E-state index contributed by atoms with van der Waals surface area (Å²) in [6.07, 6.45) is -0.874. The van der Waals surface area contributed by atoms with Crippen LogP contribution in [0.4, 0.5) is 19.4 Å². The molecule has 4 heterocycles. The number of thiazole rings is 1. The third-order valence-corrected chi connectivity index (χ3v) is 6.16.